The van der Waals surface area contributed by atoms with Gasteiger partial charge in [0.1, 0.15) is 5.75 Å². The molecule has 6 heteroatoms. The summed E-state index contributed by atoms with van der Waals surface area (Å²) in [6.07, 6.45) is 2.38. The molecule has 0 aromatic heterocycles. The van der Waals surface area contributed by atoms with E-state index in [0.717, 1.165) is 24.2 Å². The first-order valence-corrected chi connectivity index (χ1v) is 8.90. The van der Waals surface area contributed by atoms with Crippen molar-refractivity contribution in [3.05, 3.63) is 29.8 Å². The Morgan fingerprint density at radius 2 is 1.88 bits per heavy atom. The van der Waals surface area contributed by atoms with E-state index in [0.29, 0.717) is 39.1 Å². The van der Waals surface area contributed by atoms with Gasteiger partial charge in [-0.1, -0.05) is 12.1 Å². The molecule has 2 rings (SSSR count). The van der Waals surface area contributed by atoms with Crippen LogP contribution in [-0.4, -0.2) is 56.2 Å². The highest BCUT2D eigenvalue weighted by molar-refractivity contribution is 5.79. The van der Waals surface area contributed by atoms with Gasteiger partial charge in [-0.25, -0.2) is 0 Å². The summed E-state index contributed by atoms with van der Waals surface area (Å²) in [6.45, 7) is 4.39. The van der Waals surface area contributed by atoms with Gasteiger partial charge in [0.05, 0.1) is 19.6 Å². The first-order valence-electron chi connectivity index (χ1n) is 8.90. The molecule has 0 atom stereocenters. The van der Waals surface area contributed by atoms with E-state index in [9.17, 15) is 9.59 Å². The summed E-state index contributed by atoms with van der Waals surface area (Å²) in [7, 11) is 1.59. The molecule has 0 unspecified atom stereocenters. The lowest BCUT2D eigenvalue weighted by Gasteiger charge is -2.32. The molecule has 0 bridgehead atoms. The van der Waals surface area contributed by atoms with Crippen molar-refractivity contribution < 1.29 is 19.1 Å². The Bertz CT molecular complexity index is 551. The Balaban J connectivity index is 1.74. The van der Waals surface area contributed by atoms with Crippen molar-refractivity contribution in [2.24, 2.45) is 0 Å². The summed E-state index contributed by atoms with van der Waals surface area (Å²) in [6, 6.07) is 7.82. The van der Waals surface area contributed by atoms with Gasteiger partial charge in [-0.15, -0.1) is 0 Å². The normalized spacial score (nSPS) is 15.0. The maximum Gasteiger partial charge on any atom is 0.226 e. The number of rotatable bonds is 8. The Morgan fingerprint density at radius 3 is 2.48 bits per heavy atom. The molecule has 0 radical (unpaired) electrons. The van der Waals surface area contributed by atoms with Crippen LogP contribution in [0.1, 0.15) is 31.7 Å². The van der Waals surface area contributed by atoms with Crippen molar-refractivity contribution in [3.8, 4) is 5.75 Å². The summed E-state index contributed by atoms with van der Waals surface area (Å²) in [4.78, 5) is 26.0. The number of likely N-dealkylation sites (tertiary alicyclic amines) is 1. The summed E-state index contributed by atoms with van der Waals surface area (Å²) in [5, 5.41) is 3.01. The van der Waals surface area contributed by atoms with Crippen molar-refractivity contribution in [1.29, 1.82) is 0 Å². The van der Waals surface area contributed by atoms with Crippen LogP contribution < -0.4 is 10.1 Å². The third kappa shape index (κ3) is 6.38. The second-order valence-corrected chi connectivity index (χ2v) is 6.22. The van der Waals surface area contributed by atoms with Gasteiger partial charge in [0.15, 0.2) is 0 Å². The fourth-order valence-electron chi connectivity index (χ4n) is 2.92. The van der Waals surface area contributed by atoms with Crippen LogP contribution in [0, 0.1) is 0 Å². The number of methoxy groups -OCH3 is 1. The molecule has 6 nitrogen and oxygen atoms in total. The molecule has 0 saturated carbocycles. The number of nitrogens with one attached hydrogen (secondary N) is 1. The minimum Gasteiger partial charge on any atom is -0.494 e. The van der Waals surface area contributed by atoms with Gasteiger partial charge in [0, 0.05) is 32.7 Å². The second-order valence-electron chi connectivity index (χ2n) is 6.22. The number of hydrogen-bond acceptors (Lipinski definition) is 4. The topological polar surface area (TPSA) is 67.9 Å². The van der Waals surface area contributed by atoms with Gasteiger partial charge in [-0.05, 0) is 37.5 Å². The molecule has 138 valence electrons. The smallest absolute Gasteiger partial charge is 0.226 e. The Hall–Kier alpha value is -2.08. The number of carbonyl (C=O) groups excluding carboxylic acids is 2. The van der Waals surface area contributed by atoms with Gasteiger partial charge >= 0.3 is 0 Å². The van der Waals surface area contributed by atoms with E-state index < -0.39 is 0 Å². The largest absolute Gasteiger partial charge is 0.494 e. The number of piperidine rings is 1. The average Bonchev–Trinajstić information content (AvgIpc) is 2.62. The summed E-state index contributed by atoms with van der Waals surface area (Å²) in [5.41, 5.74) is 0.989. The van der Waals surface area contributed by atoms with Gasteiger partial charge in [0.2, 0.25) is 11.8 Å². The number of amides is 2. The van der Waals surface area contributed by atoms with E-state index in [4.69, 9.17) is 9.47 Å². The molecule has 1 aromatic rings. The standard InChI is InChI=1S/C19H28N2O4/c1-3-25-17-6-4-15(5-7-17)14-19(23)21-11-8-16(9-12-21)20-18(22)10-13-24-2/h4-7,16H,3,8-14H2,1-2H3,(H,20,22). The van der Waals surface area contributed by atoms with Gasteiger partial charge in [-0.2, -0.15) is 0 Å². The summed E-state index contributed by atoms with van der Waals surface area (Å²) >= 11 is 0. The first kappa shape index (κ1) is 19.2. The molecule has 1 aliphatic rings. The molecule has 2 amide bonds. The van der Waals surface area contributed by atoms with Crippen LogP contribution in [0.15, 0.2) is 24.3 Å². The molecule has 1 saturated heterocycles. The van der Waals surface area contributed by atoms with Crippen LogP contribution in [0.2, 0.25) is 0 Å². The van der Waals surface area contributed by atoms with Gasteiger partial charge in [-0.3, -0.25) is 9.59 Å². The number of ether oxygens (including phenoxy) is 2. The van der Waals surface area contributed by atoms with Crippen LogP contribution >= 0.6 is 0 Å². The maximum atomic E-state index is 12.4. The monoisotopic (exact) mass is 348 g/mol. The fraction of sp³-hybridized carbons (Fsp3) is 0.579. The zero-order valence-corrected chi connectivity index (χ0v) is 15.1. The maximum absolute atomic E-state index is 12.4. The minimum atomic E-state index is 0.0148. The average molecular weight is 348 g/mol. The Labute approximate surface area is 149 Å². The third-order valence-electron chi connectivity index (χ3n) is 4.34. The molecule has 25 heavy (non-hydrogen) atoms. The lowest BCUT2D eigenvalue weighted by molar-refractivity contribution is -0.131. The quantitative estimate of drug-likeness (QED) is 0.777. The van der Waals surface area contributed by atoms with Crippen molar-refractivity contribution >= 4 is 11.8 Å². The van der Waals surface area contributed by atoms with E-state index in [1.807, 2.05) is 36.1 Å². The van der Waals surface area contributed by atoms with E-state index in [1.165, 1.54) is 0 Å². The molecule has 1 aromatic carbocycles. The molecule has 0 aliphatic carbocycles. The molecule has 1 heterocycles. The molecule has 0 spiro atoms. The number of nitrogens with zero attached hydrogens (tertiary/aromatic N) is 1. The fourth-order valence-corrected chi connectivity index (χ4v) is 2.92. The second kappa shape index (κ2) is 10.0. The van der Waals surface area contributed by atoms with E-state index in [1.54, 1.807) is 7.11 Å². The van der Waals surface area contributed by atoms with Crippen LogP contribution in [0.5, 0.6) is 5.75 Å². The Kier molecular flexibility index (Phi) is 7.73. The van der Waals surface area contributed by atoms with Crippen LogP contribution in [-0.2, 0) is 20.7 Å². The van der Waals surface area contributed by atoms with E-state index >= 15 is 0 Å². The highest BCUT2D eigenvalue weighted by atomic mass is 16.5. The molecule has 1 fully saturated rings. The van der Waals surface area contributed by atoms with Crippen LogP contribution in [0.4, 0.5) is 0 Å². The molecular formula is C19H28N2O4. The van der Waals surface area contributed by atoms with Crippen molar-refractivity contribution in [1.82, 2.24) is 10.2 Å². The number of carbonyl (C=O) groups is 2. The zero-order chi connectivity index (χ0) is 18.1. The van der Waals surface area contributed by atoms with Gasteiger partial charge in [0.25, 0.3) is 0 Å². The summed E-state index contributed by atoms with van der Waals surface area (Å²) in [5.74, 6) is 0.970. The minimum absolute atomic E-state index is 0.0148. The predicted octanol–water partition coefficient (Wildman–Crippen LogP) is 1.77. The van der Waals surface area contributed by atoms with Crippen molar-refractivity contribution in [2.75, 3.05) is 33.4 Å². The number of benzene rings is 1. The van der Waals surface area contributed by atoms with Crippen LogP contribution in [0.3, 0.4) is 0 Å². The lowest BCUT2D eigenvalue weighted by atomic mass is 10.0. The number of hydrogen-bond donors (Lipinski definition) is 1. The van der Waals surface area contributed by atoms with Crippen molar-refractivity contribution in [2.45, 2.75) is 38.6 Å². The third-order valence-corrected chi connectivity index (χ3v) is 4.34. The van der Waals surface area contributed by atoms with Gasteiger partial charge < -0.3 is 19.7 Å². The molecule has 1 aliphatic heterocycles. The Morgan fingerprint density at radius 1 is 1.20 bits per heavy atom. The lowest BCUT2D eigenvalue weighted by Crippen LogP contribution is -2.47. The highest BCUT2D eigenvalue weighted by Crippen LogP contribution is 2.15. The van der Waals surface area contributed by atoms with E-state index in [-0.39, 0.29) is 17.9 Å². The summed E-state index contributed by atoms with van der Waals surface area (Å²) < 4.78 is 10.3. The zero-order valence-electron chi connectivity index (χ0n) is 15.1. The van der Waals surface area contributed by atoms with Crippen LogP contribution in [0.25, 0.3) is 0 Å². The van der Waals surface area contributed by atoms with Crippen molar-refractivity contribution in [3.63, 3.8) is 0 Å². The molecule has 1 N–H and O–H groups in total. The first-order chi connectivity index (χ1) is 12.1. The SMILES string of the molecule is CCOc1ccc(CC(=O)N2CCC(NC(=O)CCOC)CC2)cc1. The van der Waals surface area contributed by atoms with E-state index in [2.05, 4.69) is 5.32 Å². The highest BCUT2D eigenvalue weighted by Gasteiger charge is 2.23. The molecular weight excluding hydrogens is 320 g/mol. The predicted molar refractivity (Wildman–Crippen MR) is 95.6 cm³/mol.